The van der Waals surface area contributed by atoms with Gasteiger partial charge in [0.05, 0.1) is 11.4 Å². The summed E-state index contributed by atoms with van der Waals surface area (Å²) in [6, 6.07) is 12.4. The summed E-state index contributed by atoms with van der Waals surface area (Å²) in [4.78, 5) is 19.3. The van der Waals surface area contributed by atoms with Crippen LogP contribution in [0.1, 0.15) is 11.1 Å². The van der Waals surface area contributed by atoms with Gasteiger partial charge in [-0.1, -0.05) is 31.9 Å². The summed E-state index contributed by atoms with van der Waals surface area (Å²) >= 11 is 7.70. The molecule has 0 N–H and O–H groups in total. The number of hydrogen-bond acceptors (Lipinski definition) is 4. The Bertz CT molecular complexity index is 1050. The smallest absolute Gasteiger partial charge is 0.159 e. The van der Waals surface area contributed by atoms with E-state index >= 15 is 0 Å². The summed E-state index contributed by atoms with van der Waals surface area (Å²) in [5.74, 6) is 0. The molecule has 2 atom stereocenters. The fraction of sp³-hybridized carbons (Fsp3) is 0.200. The van der Waals surface area contributed by atoms with Gasteiger partial charge in [0, 0.05) is 32.8 Å². The fourth-order valence-corrected chi connectivity index (χ4v) is 4.57. The van der Waals surface area contributed by atoms with Crippen molar-refractivity contribution in [3.8, 4) is 11.4 Å². The number of fused-ring (bicyclic) bond motifs is 5. The van der Waals surface area contributed by atoms with E-state index in [1.54, 1.807) is 12.4 Å². The quantitative estimate of drug-likeness (QED) is 0.345. The highest BCUT2D eigenvalue weighted by Crippen LogP contribution is 2.35. The second kappa shape index (κ2) is 6.35. The largest absolute Gasteiger partial charge is 0.237 e. The van der Waals surface area contributed by atoms with E-state index in [0.29, 0.717) is 9.65 Å². The van der Waals surface area contributed by atoms with Crippen LogP contribution < -0.4 is 0 Å². The fourth-order valence-electron chi connectivity index (χ4n) is 3.50. The third-order valence-electron chi connectivity index (χ3n) is 4.78. The van der Waals surface area contributed by atoms with Crippen molar-refractivity contribution in [1.29, 1.82) is 0 Å². The van der Waals surface area contributed by atoms with E-state index in [0.717, 1.165) is 46.3 Å². The number of aromatic nitrogens is 4. The Morgan fingerprint density at radius 2 is 1.19 bits per heavy atom. The molecule has 0 amide bonds. The van der Waals surface area contributed by atoms with Gasteiger partial charge in [-0.15, -0.1) is 0 Å². The molecule has 0 radical (unpaired) electrons. The Kier molecular flexibility index (Phi) is 3.98. The van der Waals surface area contributed by atoms with Crippen LogP contribution in [0, 0.1) is 0 Å². The van der Waals surface area contributed by atoms with Crippen LogP contribution in [0.5, 0.6) is 0 Å². The van der Waals surface area contributed by atoms with Crippen LogP contribution in [0.4, 0.5) is 0 Å². The SMILES string of the molecule is Br[C@@H]1Cc2cc3cccnc3nc2-c2nc3ncccc3cc2C[C@H]1Br. The predicted octanol–water partition coefficient (Wildman–Crippen LogP) is 4.87. The van der Waals surface area contributed by atoms with E-state index in [1.165, 1.54) is 11.1 Å². The predicted molar refractivity (Wildman–Crippen MR) is 111 cm³/mol. The second-order valence-corrected chi connectivity index (χ2v) is 8.88. The first-order chi connectivity index (χ1) is 12.7. The molecule has 1 aliphatic carbocycles. The van der Waals surface area contributed by atoms with Gasteiger partial charge >= 0.3 is 0 Å². The minimum Gasteiger partial charge on any atom is -0.237 e. The van der Waals surface area contributed by atoms with Crippen LogP contribution in [0.3, 0.4) is 0 Å². The number of nitrogens with zero attached hydrogens (tertiary/aromatic N) is 4. The lowest BCUT2D eigenvalue weighted by molar-refractivity contribution is 0.781. The Balaban J connectivity index is 1.85. The van der Waals surface area contributed by atoms with Crippen LogP contribution in [-0.4, -0.2) is 29.6 Å². The molecule has 4 nitrogen and oxygen atoms in total. The molecule has 0 bridgehead atoms. The molecule has 0 saturated carbocycles. The average molecular weight is 470 g/mol. The first kappa shape index (κ1) is 16.3. The average Bonchev–Trinajstić information content (AvgIpc) is 2.66. The second-order valence-electron chi connectivity index (χ2n) is 6.53. The molecule has 6 heteroatoms. The molecule has 26 heavy (non-hydrogen) atoms. The highest BCUT2D eigenvalue weighted by atomic mass is 79.9. The minimum absolute atomic E-state index is 0.315. The van der Waals surface area contributed by atoms with Gasteiger partial charge in [0.1, 0.15) is 0 Å². The van der Waals surface area contributed by atoms with Gasteiger partial charge in [-0.2, -0.15) is 0 Å². The van der Waals surface area contributed by atoms with Gasteiger partial charge in [0.15, 0.2) is 11.3 Å². The standard InChI is InChI=1S/C20H14Br2N4/c21-15-9-13-7-11-3-1-5-23-19(11)25-17(13)18-14(10-16(15)22)8-12-4-2-6-24-20(12)26-18/h1-8,15-16H,9-10H2/t15-,16-/m1/s1. The van der Waals surface area contributed by atoms with Crippen molar-refractivity contribution in [1.82, 2.24) is 19.9 Å². The van der Waals surface area contributed by atoms with Crippen LogP contribution >= 0.6 is 31.9 Å². The number of alkyl halides is 2. The molecular formula is C20H14Br2N4. The van der Waals surface area contributed by atoms with Crippen molar-refractivity contribution < 1.29 is 0 Å². The topological polar surface area (TPSA) is 51.6 Å². The monoisotopic (exact) mass is 468 g/mol. The number of hydrogen-bond donors (Lipinski definition) is 0. The van der Waals surface area contributed by atoms with E-state index in [4.69, 9.17) is 9.97 Å². The molecule has 128 valence electrons. The van der Waals surface area contributed by atoms with Crippen molar-refractivity contribution in [3.63, 3.8) is 0 Å². The van der Waals surface area contributed by atoms with Crippen LogP contribution in [0.15, 0.2) is 48.8 Å². The summed E-state index contributed by atoms with van der Waals surface area (Å²) in [5, 5.41) is 2.11. The van der Waals surface area contributed by atoms with E-state index < -0.39 is 0 Å². The Labute approximate surface area is 167 Å². The third-order valence-corrected chi connectivity index (χ3v) is 7.42. The maximum atomic E-state index is 4.89. The van der Waals surface area contributed by atoms with Crippen molar-refractivity contribution in [2.24, 2.45) is 0 Å². The maximum Gasteiger partial charge on any atom is 0.159 e. The summed E-state index contributed by atoms with van der Waals surface area (Å²) in [5.41, 5.74) is 5.70. The molecule has 0 spiro atoms. The number of halogens is 2. The molecule has 4 heterocycles. The molecule has 4 aromatic heterocycles. The first-order valence-corrected chi connectivity index (χ1v) is 10.3. The highest BCUT2D eigenvalue weighted by molar-refractivity contribution is 9.12. The van der Waals surface area contributed by atoms with Gasteiger partial charge in [-0.25, -0.2) is 19.9 Å². The third kappa shape index (κ3) is 2.72. The van der Waals surface area contributed by atoms with Crippen molar-refractivity contribution in [2.45, 2.75) is 22.5 Å². The Morgan fingerprint density at radius 1 is 0.731 bits per heavy atom. The van der Waals surface area contributed by atoms with E-state index in [1.807, 2.05) is 12.1 Å². The van der Waals surface area contributed by atoms with Gasteiger partial charge in [-0.05, 0) is 60.4 Å². The van der Waals surface area contributed by atoms with Gasteiger partial charge in [0.2, 0.25) is 0 Å². The zero-order chi connectivity index (χ0) is 17.7. The van der Waals surface area contributed by atoms with Gasteiger partial charge in [0.25, 0.3) is 0 Å². The van der Waals surface area contributed by atoms with E-state index in [9.17, 15) is 0 Å². The van der Waals surface area contributed by atoms with Gasteiger partial charge < -0.3 is 0 Å². The highest BCUT2D eigenvalue weighted by Gasteiger charge is 2.26. The molecule has 0 aromatic carbocycles. The lowest BCUT2D eigenvalue weighted by atomic mass is 9.93. The zero-order valence-corrected chi connectivity index (χ0v) is 16.9. The normalized spacial score (nSPS) is 19.6. The van der Waals surface area contributed by atoms with Crippen molar-refractivity contribution >= 4 is 53.9 Å². The summed E-state index contributed by atoms with van der Waals surface area (Å²) < 4.78 is 0. The zero-order valence-electron chi connectivity index (χ0n) is 13.7. The van der Waals surface area contributed by atoms with Crippen LogP contribution in [-0.2, 0) is 12.8 Å². The minimum atomic E-state index is 0.315. The molecule has 1 aliphatic rings. The van der Waals surface area contributed by atoms with Crippen molar-refractivity contribution in [3.05, 3.63) is 59.9 Å². The Hall–Kier alpha value is -1.92. The lowest BCUT2D eigenvalue weighted by Gasteiger charge is -2.24. The molecule has 5 rings (SSSR count). The van der Waals surface area contributed by atoms with Gasteiger partial charge in [-0.3, -0.25) is 0 Å². The van der Waals surface area contributed by atoms with Crippen LogP contribution in [0.2, 0.25) is 0 Å². The molecule has 0 unspecified atom stereocenters. The molecule has 4 aromatic rings. The summed E-state index contributed by atoms with van der Waals surface area (Å²) in [6.07, 6.45) is 5.32. The molecule has 0 aliphatic heterocycles. The van der Waals surface area contributed by atoms with Crippen molar-refractivity contribution in [2.75, 3.05) is 0 Å². The first-order valence-electron chi connectivity index (χ1n) is 8.47. The van der Waals surface area contributed by atoms with E-state index in [2.05, 4.69) is 66.1 Å². The summed E-state index contributed by atoms with van der Waals surface area (Å²) in [7, 11) is 0. The molecule has 0 fully saturated rings. The summed E-state index contributed by atoms with van der Waals surface area (Å²) in [6.45, 7) is 0. The molecular weight excluding hydrogens is 456 g/mol. The molecule has 0 saturated heterocycles. The lowest BCUT2D eigenvalue weighted by Crippen LogP contribution is -2.23. The Morgan fingerprint density at radius 3 is 1.65 bits per heavy atom. The van der Waals surface area contributed by atoms with E-state index in [-0.39, 0.29) is 0 Å². The van der Waals surface area contributed by atoms with Crippen LogP contribution in [0.25, 0.3) is 33.5 Å². The maximum absolute atomic E-state index is 4.89. The number of pyridine rings is 4. The number of rotatable bonds is 0.